The van der Waals surface area contributed by atoms with E-state index in [-0.39, 0.29) is 5.84 Å². The minimum absolute atomic E-state index is 0.167. The van der Waals surface area contributed by atoms with E-state index in [1.807, 2.05) is 13.0 Å². The molecule has 116 valence electrons. The van der Waals surface area contributed by atoms with Crippen LogP contribution in [-0.4, -0.2) is 48.2 Å². The third-order valence-electron chi connectivity index (χ3n) is 4.49. The standard InChI is InChI=1S/C16H26N4O/c1-4-13(3)19-7-9-20(10-8-19)14-5-6-15(12(2)11-14)16(17)18-21/h5-6,11,13,21H,4,7-10H2,1-3H3,(H2,17,18). The Balaban J connectivity index is 2.06. The quantitative estimate of drug-likeness (QED) is 0.385. The summed E-state index contributed by atoms with van der Waals surface area (Å²) in [7, 11) is 0. The number of hydrogen-bond acceptors (Lipinski definition) is 4. The molecule has 0 aromatic heterocycles. The van der Waals surface area contributed by atoms with E-state index in [9.17, 15) is 0 Å². The first-order chi connectivity index (χ1) is 10.1. The number of anilines is 1. The van der Waals surface area contributed by atoms with Gasteiger partial charge in [0.05, 0.1) is 0 Å². The van der Waals surface area contributed by atoms with Crippen molar-refractivity contribution in [1.82, 2.24) is 4.90 Å². The Kier molecular flexibility index (Phi) is 5.07. The van der Waals surface area contributed by atoms with Gasteiger partial charge in [-0.25, -0.2) is 0 Å². The van der Waals surface area contributed by atoms with Gasteiger partial charge in [-0.05, 0) is 44.0 Å². The molecule has 3 N–H and O–H groups in total. The van der Waals surface area contributed by atoms with Crippen LogP contribution < -0.4 is 10.6 Å². The normalized spacial score (nSPS) is 18.8. The molecular formula is C16H26N4O. The fraction of sp³-hybridized carbons (Fsp3) is 0.562. The summed E-state index contributed by atoms with van der Waals surface area (Å²) in [6, 6.07) is 6.77. The summed E-state index contributed by atoms with van der Waals surface area (Å²) in [5, 5.41) is 11.9. The van der Waals surface area contributed by atoms with Crippen molar-refractivity contribution in [2.75, 3.05) is 31.1 Å². The van der Waals surface area contributed by atoms with Crippen LogP contribution in [0.5, 0.6) is 0 Å². The molecule has 21 heavy (non-hydrogen) atoms. The highest BCUT2D eigenvalue weighted by atomic mass is 16.4. The van der Waals surface area contributed by atoms with Crippen molar-refractivity contribution in [2.45, 2.75) is 33.2 Å². The van der Waals surface area contributed by atoms with Gasteiger partial charge < -0.3 is 15.8 Å². The number of benzene rings is 1. The Hall–Kier alpha value is -1.75. The summed E-state index contributed by atoms with van der Waals surface area (Å²) >= 11 is 0. The Morgan fingerprint density at radius 3 is 2.52 bits per heavy atom. The second-order valence-corrected chi connectivity index (χ2v) is 5.76. The predicted molar refractivity (Wildman–Crippen MR) is 87.2 cm³/mol. The van der Waals surface area contributed by atoms with E-state index >= 15 is 0 Å². The molecule has 1 fully saturated rings. The first-order valence-corrected chi connectivity index (χ1v) is 7.64. The van der Waals surface area contributed by atoms with E-state index in [1.165, 1.54) is 12.1 Å². The maximum Gasteiger partial charge on any atom is 0.170 e. The molecule has 1 aliphatic heterocycles. The van der Waals surface area contributed by atoms with E-state index < -0.39 is 0 Å². The number of piperazine rings is 1. The van der Waals surface area contributed by atoms with Crippen molar-refractivity contribution >= 4 is 11.5 Å². The lowest BCUT2D eigenvalue weighted by molar-refractivity contribution is 0.193. The van der Waals surface area contributed by atoms with Gasteiger partial charge in [0.25, 0.3) is 0 Å². The van der Waals surface area contributed by atoms with Gasteiger partial charge in [0.2, 0.25) is 0 Å². The maximum absolute atomic E-state index is 8.78. The summed E-state index contributed by atoms with van der Waals surface area (Å²) in [6.07, 6.45) is 1.20. The molecule has 1 saturated heterocycles. The van der Waals surface area contributed by atoms with E-state index in [0.717, 1.165) is 37.3 Å². The minimum atomic E-state index is 0.167. The number of nitrogens with zero attached hydrogens (tertiary/aromatic N) is 3. The largest absolute Gasteiger partial charge is 0.409 e. The lowest BCUT2D eigenvalue weighted by Crippen LogP contribution is -2.49. The zero-order valence-corrected chi connectivity index (χ0v) is 13.2. The molecule has 2 rings (SSSR count). The van der Waals surface area contributed by atoms with E-state index in [0.29, 0.717) is 6.04 Å². The van der Waals surface area contributed by atoms with Gasteiger partial charge in [0, 0.05) is 43.5 Å². The van der Waals surface area contributed by atoms with Crippen molar-refractivity contribution < 1.29 is 5.21 Å². The fourth-order valence-electron chi connectivity index (χ4n) is 2.86. The Morgan fingerprint density at radius 1 is 1.33 bits per heavy atom. The first kappa shape index (κ1) is 15.6. The lowest BCUT2D eigenvalue weighted by atomic mass is 10.1. The molecule has 1 aliphatic rings. The smallest absolute Gasteiger partial charge is 0.170 e. The highest BCUT2D eigenvalue weighted by Gasteiger charge is 2.20. The van der Waals surface area contributed by atoms with Gasteiger partial charge in [-0.2, -0.15) is 0 Å². The lowest BCUT2D eigenvalue weighted by Gasteiger charge is -2.39. The van der Waals surface area contributed by atoms with Crippen molar-refractivity contribution in [3.05, 3.63) is 29.3 Å². The molecule has 0 aliphatic carbocycles. The van der Waals surface area contributed by atoms with Crippen molar-refractivity contribution in [1.29, 1.82) is 0 Å². The molecule has 1 heterocycles. The van der Waals surface area contributed by atoms with E-state index in [4.69, 9.17) is 10.9 Å². The SMILES string of the molecule is CCC(C)N1CCN(c2ccc(/C(N)=N/O)c(C)c2)CC1. The average molecular weight is 290 g/mol. The zero-order valence-electron chi connectivity index (χ0n) is 13.2. The number of hydrogen-bond donors (Lipinski definition) is 2. The average Bonchev–Trinajstić information content (AvgIpc) is 2.53. The molecule has 0 spiro atoms. The zero-order chi connectivity index (χ0) is 15.4. The number of oxime groups is 1. The highest BCUT2D eigenvalue weighted by Crippen LogP contribution is 2.21. The molecule has 0 amide bonds. The third kappa shape index (κ3) is 3.47. The summed E-state index contributed by atoms with van der Waals surface area (Å²) in [6.45, 7) is 10.8. The summed E-state index contributed by atoms with van der Waals surface area (Å²) in [5.74, 6) is 0.167. The number of rotatable bonds is 4. The first-order valence-electron chi connectivity index (χ1n) is 7.64. The van der Waals surface area contributed by atoms with Gasteiger partial charge in [-0.1, -0.05) is 12.1 Å². The molecule has 5 heteroatoms. The maximum atomic E-state index is 8.78. The predicted octanol–water partition coefficient (Wildman–Crippen LogP) is 2.01. The van der Waals surface area contributed by atoms with E-state index in [1.54, 1.807) is 0 Å². The van der Waals surface area contributed by atoms with Crippen LogP contribution in [0.4, 0.5) is 5.69 Å². The molecule has 1 unspecified atom stereocenters. The summed E-state index contributed by atoms with van der Waals surface area (Å²) < 4.78 is 0. The van der Waals surface area contributed by atoms with Crippen LogP contribution in [0.3, 0.4) is 0 Å². The van der Waals surface area contributed by atoms with Crippen LogP contribution in [0, 0.1) is 6.92 Å². The molecule has 1 aromatic rings. The van der Waals surface area contributed by atoms with Gasteiger partial charge in [-0.3, -0.25) is 4.90 Å². The van der Waals surface area contributed by atoms with Crippen LogP contribution in [0.1, 0.15) is 31.4 Å². The van der Waals surface area contributed by atoms with Gasteiger partial charge in [-0.15, -0.1) is 0 Å². The van der Waals surface area contributed by atoms with Gasteiger partial charge in [0.1, 0.15) is 0 Å². The van der Waals surface area contributed by atoms with Crippen LogP contribution in [-0.2, 0) is 0 Å². The summed E-state index contributed by atoms with van der Waals surface area (Å²) in [5.41, 5.74) is 8.71. The van der Waals surface area contributed by atoms with Crippen molar-refractivity contribution in [2.24, 2.45) is 10.9 Å². The monoisotopic (exact) mass is 290 g/mol. The second kappa shape index (κ2) is 6.80. The van der Waals surface area contributed by atoms with E-state index in [2.05, 4.69) is 40.9 Å². The third-order valence-corrected chi connectivity index (χ3v) is 4.49. The molecule has 1 atom stereocenters. The number of nitrogens with two attached hydrogens (primary N) is 1. The topological polar surface area (TPSA) is 65.1 Å². The van der Waals surface area contributed by atoms with Crippen LogP contribution >= 0.6 is 0 Å². The Labute approximate surface area is 127 Å². The Morgan fingerprint density at radius 2 is 2.00 bits per heavy atom. The molecule has 5 nitrogen and oxygen atoms in total. The molecule has 0 bridgehead atoms. The number of aryl methyl sites for hydroxylation is 1. The number of amidine groups is 1. The van der Waals surface area contributed by atoms with Gasteiger partial charge in [0.15, 0.2) is 5.84 Å². The van der Waals surface area contributed by atoms with Crippen LogP contribution in [0.15, 0.2) is 23.4 Å². The highest BCUT2D eigenvalue weighted by molar-refractivity contribution is 5.98. The van der Waals surface area contributed by atoms with Gasteiger partial charge >= 0.3 is 0 Å². The molecule has 0 saturated carbocycles. The second-order valence-electron chi connectivity index (χ2n) is 5.76. The molecule has 0 radical (unpaired) electrons. The summed E-state index contributed by atoms with van der Waals surface area (Å²) in [4.78, 5) is 4.95. The van der Waals surface area contributed by atoms with Crippen LogP contribution in [0.25, 0.3) is 0 Å². The fourth-order valence-corrected chi connectivity index (χ4v) is 2.86. The minimum Gasteiger partial charge on any atom is -0.409 e. The molecular weight excluding hydrogens is 264 g/mol. The molecule has 1 aromatic carbocycles. The van der Waals surface area contributed by atoms with Crippen molar-refractivity contribution in [3.63, 3.8) is 0 Å². The van der Waals surface area contributed by atoms with Crippen LogP contribution in [0.2, 0.25) is 0 Å². The Bertz CT molecular complexity index is 507. The van der Waals surface area contributed by atoms with Crippen molar-refractivity contribution in [3.8, 4) is 0 Å².